The fraction of sp³-hybridized carbons (Fsp3) is 0. The van der Waals surface area contributed by atoms with Gasteiger partial charge in [0.15, 0.2) is 5.69 Å². The SMILES string of the molecule is O=C1Nc2ccc([NH+]([O-])O)c3c(C(=O)O)ccc1c23. The van der Waals surface area contributed by atoms with Gasteiger partial charge in [0.25, 0.3) is 5.91 Å². The van der Waals surface area contributed by atoms with E-state index in [2.05, 4.69) is 5.32 Å². The second-order valence-electron chi connectivity index (χ2n) is 4.14. The summed E-state index contributed by atoms with van der Waals surface area (Å²) in [6, 6.07) is 5.40. The molecule has 0 saturated carbocycles. The van der Waals surface area contributed by atoms with Crippen LogP contribution in [0.25, 0.3) is 10.8 Å². The van der Waals surface area contributed by atoms with E-state index in [1.807, 2.05) is 0 Å². The smallest absolute Gasteiger partial charge is 0.336 e. The lowest BCUT2D eigenvalue weighted by Gasteiger charge is -2.15. The van der Waals surface area contributed by atoms with E-state index in [9.17, 15) is 14.8 Å². The van der Waals surface area contributed by atoms with Crippen LogP contribution in [0, 0.1) is 5.21 Å². The first kappa shape index (κ1) is 11.6. The van der Waals surface area contributed by atoms with Crippen molar-refractivity contribution >= 4 is 34.0 Å². The molecule has 0 aliphatic carbocycles. The Labute approximate surface area is 106 Å². The highest BCUT2D eigenvalue weighted by molar-refractivity contribution is 6.27. The number of aromatic carboxylic acids is 1. The first-order valence-corrected chi connectivity index (χ1v) is 5.38. The summed E-state index contributed by atoms with van der Waals surface area (Å²) in [5, 5.41) is 31.3. The molecular weight excluding hydrogens is 252 g/mol. The number of carboxylic acids is 1. The van der Waals surface area contributed by atoms with E-state index >= 15 is 0 Å². The lowest BCUT2D eigenvalue weighted by molar-refractivity contribution is -0.990. The summed E-state index contributed by atoms with van der Waals surface area (Å²) >= 11 is 0. The fourth-order valence-corrected chi connectivity index (χ4v) is 2.33. The first-order valence-electron chi connectivity index (χ1n) is 5.38. The number of carbonyl (C=O) groups is 2. The molecule has 0 spiro atoms. The van der Waals surface area contributed by atoms with Gasteiger partial charge in [-0.3, -0.25) is 4.79 Å². The molecule has 1 amide bonds. The highest BCUT2D eigenvalue weighted by atomic mass is 16.8. The number of rotatable bonds is 2. The average Bonchev–Trinajstić information content (AvgIpc) is 2.67. The summed E-state index contributed by atoms with van der Waals surface area (Å²) in [7, 11) is 0. The quantitative estimate of drug-likeness (QED) is 0.587. The zero-order valence-corrected chi connectivity index (χ0v) is 9.43. The van der Waals surface area contributed by atoms with Crippen LogP contribution in [0.15, 0.2) is 24.3 Å². The first-order chi connectivity index (χ1) is 9.00. The topological polar surface area (TPSA) is 114 Å². The molecule has 7 heteroatoms. The maximum absolute atomic E-state index is 11.7. The molecule has 1 unspecified atom stereocenters. The van der Waals surface area contributed by atoms with Gasteiger partial charge < -0.3 is 15.6 Å². The minimum absolute atomic E-state index is 0.0772. The minimum atomic E-state index is -1.23. The van der Waals surface area contributed by atoms with Gasteiger partial charge in [0.05, 0.1) is 16.6 Å². The number of hydrogen-bond acceptors (Lipinski definition) is 4. The van der Waals surface area contributed by atoms with E-state index < -0.39 is 11.2 Å². The molecule has 0 radical (unpaired) electrons. The van der Waals surface area contributed by atoms with Gasteiger partial charge in [-0.1, -0.05) is 0 Å². The molecule has 0 fully saturated rings. The van der Waals surface area contributed by atoms with Crippen LogP contribution >= 0.6 is 0 Å². The number of carbonyl (C=O) groups excluding carboxylic acids is 1. The summed E-state index contributed by atoms with van der Waals surface area (Å²) < 4.78 is 0. The van der Waals surface area contributed by atoms with Crippen LogP contribution in [-0.2, 0) is 0 Å². The molecule has 0 bridgehead atoms. The number of anilines is 1. The van der Waals surface area contributed by atoms with Gasteiger partial charge in [0.2, 0.25) is 0 Å². The van der Waals surface area contributed by atoms with Gasteiger partial charge in [-0.15, -0.1) is 0 Å². The highest BCUT2D eigenvalue weighted by Crippen LogP contribution is 2.37. The molecule has 1 heterocycles. The largest absolute Gasteiger partial charge is 0.595 e. The third-order valence-corrected chi connectivity index (χ3v) is 3.11. The average molecular weight is 260 g/mol. The third-order valence-electron chi connectivity index (χ3n) is 3.11. The van der Waals surface area contributed by atoms with Crippen molar-refractivity contribution in [3.63, 3.8) is 0 Å². The van der Waals surface area contributed by atoms with Crippen LogP contribution in [0.3, 0.4) is 0 Å². The van der Waals surface area contributed by atoms with E-state index in [1.165, 1.54) is 24.3 Å². The van der Waals surface area contributed by atoms with Crippen molar-refractivity contribution < 1.29 is 25.1 Å². The zero-order chi connectivity index (χ0) is 13.7. The molecule has 2 aromatic carbocycles. The van der Waals surface area contributed by atoms with E-state index in [4.69, 9.17) is 10.3 Å². The van der Waals surface area contributed by atoms with Crippen molar-refractivity contribution in [3.05, 3.63) is 40.6 Å². The van der Waals surface area contributed by atoms with Gasteiger partial charge in [-0.05, 0) is 18.2 Å². The molecule has 1 aliphatic heterocycles. The zero-order valence-electron chi connectivity index (χ0n) is 9.43. The van der Waals surface area contributed by atoms with Gasteiger partial charge >= 0.3 is 5.97 Å². The Hall–Kier alpha value is -2.48. The van der Waals surface area contributed by atoms with E-state index in [0.717, 1.165) is 0 Å². The number of amides is 1. The molecule has 7 nitrogen and oxygen atoms in total. The van der Waals surface area contributed by atoms with Crippen LogP contribution in [0.2, 0.25) is 0 Å². The highest BCUT2D eigenvalue weighted by Gasteiger charge is 2.27. The molecule has 19 heavy (non-hydrogen) atoms. The van der Waals surface area contributed by atoms with Crippen LogP contribution in [-0.4, -0.2) is 22.2 Å². The monoisotopic (exact) mass is 260 g/mol. The molecular formula is C12H8N2O5. The Balaban J connectivity index is 2.52. The Bertz CT molecular complexity index is 738. The number of nitrogens with one attached hydrogen (secondary N) is 2. The van der Waals surface area contributed by atoms with Crippen molar-refractivity contribution in [2.45, 2.75) is 0 Å². The lowest BCUT2D eigenvalue weighted by atomic mass is 9.98. The van der Waals surface area contributed by atoms with E-state index in [0.29, 0.717) is 11.1 Å². The Kier molecular flexibility index (Phi) is 2.29. The number of carboxylic acid groups (broad SMARTS) is 1. The summed E-state index contributed by atoms with van der Waals surface area (Å²) in [5.41, 5.74) is 0.463. The fourth-order valence-electron chi connectivity index (χ4n) is 2.33. The van der Waals surface area contributed by atoms with Gasteiger partial charge in [0, 0.05) is 17.0 Å². The van der Waals surface area contributed by atoms with Crippen LogP contribution in [0.1, 0.15) is 20.7 Å². The normalized spacial score (nSPS) is 14.5. The van der Waals surface area contributed by atoms with Gasteiger partial charge in [0.1, 0.15) is 0 Å². The summed E-state index contributed by atoms with van der Waals surface area (Å²) in [4.78, 5) is 22.9. The van der Waals surface area contributed by atoms with E-state index in [-0.39, 0.29) is 28.1 Å². The van der Waals surface area contributed by atoms with Crippen LogP contribution in [0.5, 0.6) is 0 Å². The second-order valence-corrected chi connectivity index (χ2v) is 4.14. The minimum Gasteiger partial charge on any atom is -0.595 e. The maximum Gasteiger partial charge on any atom is 0.336 e. The lowest BCUT2D eigenvalue weighted by Crippen LogP contribution is -2.99. The number of hydrogen-bond donors (Lipinski definition) is 4. The van der Waals surface area contributed by atoms with Crippen LogP contribution in [0.4, 0.5) is 11.4 Å². The Morgan fingerprint density at radius 2 is 1.95 bits per heavy atom. The maximum atomic E-state index is 11.7. The Morgan fingerprint density at radius 3 is 2.58 bits per heavy atom. The van der Waals surface area contributed by atoms with Crippen molar-refractivity contribution in [1.82, 2.24) is 0 Å². The van der Waals surface area contributed by atoms with E-state index in [1.54, 1.807) is 0 Å². The molecule has 1 atom stereocenters. The Morgan fingerprint density at radius 1 is 1.21 bits per heavy atom. The second kappa shape index (κ2) is 3.75. The molecule has 0 saturated heterocycles. The molecule has 0 aromatic heterocycles. The molecule has 4 N–H and O–H groups in total. The number of benzene rings is 2. The third kappa shape index (κ3) is 1.50. The standard InChI is InChI=1S/C12H8N2O5/c15-11-5-1-2-6(12(16)17)10-8(14(18)19)4-3-7(13-11)9(5)10/h1-4,14,18H,(H,13,15)(H,16,17). The summed E-state index contributed by atoms with van der Waals surface area (Å²) in [6.07, 6.45) is 0. The molecule has 3 rings (SSSR count). The molecule has 2 aromatic rings. The molecule has 96 valence electrons. The molecule has 1 aliphatic rings. The van der Waals surface area contributed by atoms with Crippen molar-refractivity contribution in [3.8, 4) is 0 Å². The van der Waals surface area contributed by atoms with Crippen LogP contribution < -0.4 is 10.5 Å². The predicted molar refractivity (Wildman–Crippen MR) is 64.6 cm³/mol. The predicted octanol–water partition coefficient (Wildman–Crippen LogP) is 0.507. The van der Waals surface area contributed by atoms with Crippen molar-refractivity contribution in [2.75, 3.05) is 5.32 Å². The summed E-state index contributed by atoms with van der Waals surface area (Å²) in [6.45, 7) is 0. The van der Waals surface area contributed by atoms with Crippen molar-refractivity contribution in [2.24, 2.45) is 0 Å². The summed E-state index contributed by atoms with van der Waals surface area (Å²) in [5.74, 6) is -1.59. The van der Waals surface area contributed by atoms with Crippen molar-refractivity contribution in [1.29, 1.82) is 0 Å². The van der Waals surface area contributed by atoms with Gasteiger partial charge in [-0.2, -0.15) is 5.23 Å². The number of quaternary nitrogens is 1. The van der Waals surface area contributed by atoms with Gasteiger partial charge in [-0.25, -0.2) is 10.0 Å².